The number of piperidine rings is 1. The van der Waals surface area contributed by atoms with Gasteiger partial charge in [-0.25, -0.2) is 0 Å². The Labute approximate surface area is 179 Å². The van der Waals surface area contributed by atoms with Gasteiger partial charge in [0.25, 0.3) is 5.56 Å². The molecule has 0 aliphatic carbocycles. The number of anilines is 1. The Morgan fingerprint density at radius 1 is 1.10 bits per heavy atom. The zero-order valence-corrected chi connectivity index (χ0v) is 17.5. The predicted molar refractivity (Wildman–Crippen MR) is 117 cm³/mol. The van der Waals surface area contributed by atoms with Crippen LogP contribution in [0.15, 0.2) is 29.1 Å². The summed E-state index contributed by atoms with van der Waals surface area (Å²) in [6.07, 6.45) is 3.40. The molecule has 3 aromatic rings. The average Bonchev–Trinajstić information content (AvgIpc) is 3.14. The zero-order valence-electron chi connectivity index (χ0n) is 16.7. The lowest BCUT2D eigenvalue weighted by atomic mass is 10.1. The summed E-state index contributed by atoms with van der Waals surface area (Å²) in [4.78, 5) is 24.7. The number of benzene rings is 1. The fourth-order valence-corrected chi connectivity index (χ4v) is 3.94. The Balaban J connectivity index is 1.83. The Morgan fingerprint density at radius 3 is 2.50 bits per heavy atom. The lowest BCUT2D eigenvalue weighted by Gasteiger charge is -2.27. The van der Waals surface area contributed by atoms with E-state index in [4.69, 9.17) is 16.9 Å². The van der Waals surface area contributed by atoms with Crippen LogP contribution in [0, 0.1) is 23.2 Å². The molecule has 0 spiro atoms. The van der Waals surface area contributed by atoms with Gasteiger partial charge in [-0.15, -0.1) is 5.92 Å². The third-order valence-electron chi connectivity index (χ3n) is 5.27. The largest absolute Gasteiger partial charge is 0.342 e. The van der Waals surface area contributed by atoms with Gasteiger partial charge in [-0.2, -0.15) is 15.2 Å². The minimum absolute atomic E-state index is 0.0910. The van der Waals surface area contributed by atoms with Crippen molar-refractivity contribution in [2.75, 3.05) is 18.0 Å². The van der Waals surface area contributed by atoms with Gasteiger partial charge < -0.3 is 4.90 Å². The highest BCUT2D eigenvalue weighted by atomic mass is 35.5. The molecule has 30 heavy (non-hydrogen) atoms. The fraction of sp³-hybridized carbons (Fsp3) is 0.364. The van der Waals surface area contributed by atoms with Crippen molar-refractivity contribution in [3.8, 4) is 17.9 Å². The van der Waals surface area contributed by atoms with E-state index in [2.05, 4.69) is 32.8 Å². The molecule has 0 amide bonds. The van der Waals surface area contributed by atoms with Crippen LogP contribution in [0.1, 0.15) is 37.3 Å². The lowest BCUT2D eigenvalue weighted by molar-refractivity contribution is 0.561. The highest BCUT2D eigenvalue weighted by Gasteiger charge is 2.23. The van der Waals surface area contributed by atoms with E-state index in [0.717, 1.165) is 37.4 Å². The molecule has 0 N–H and O–H groups in total. The molecule has 8 heteroatoms. The van der Waals surface area contributed by atoms with Crippen LogP contribution in [-0.2, 0) is 13.1 Å². The normalized spacial score (nSPS) is 13.7. The first-order chi connectivity index (χ1) is 14.6. The maximum Gasteiger partial charge on any atom is 0.281 e. The Bertz CT molecular complexity index is 1230. The molecular weight excluding hydrogens is 400 g/mol. The minimum Gasteiger partial charge on any atom is -0.342 e. The van der Waals surface area contributed by atoms with Crippen LogP contribution in [0.3, 0.4) is 0 Å². The molecule has 0 atom stereocenters. The molecule has 0 saturated carbocycles. The summed E-state index contributed by atoms with van der Waals surface area (Å²) in [5, 5.41) is 9.07. The van der Waals surface area contributed by atoms with Gasteiger partial charge in [0.2, 0.25) is 11.2 Å². The number of imidazole rings is 1. The molecule has 0 unspecified atom stereocenters. The average molecular weight is 421 g/mol. The second-order valence-corrected chi connectivity index (χ2v) is 7.56. The van der Waals surface area contributed by atoms with E-state index < -0.39 is 0 Å². The molecule has 1 fully saturated rings. The van der Waals surface area contributed by atoms with Gasteiger partial charge in [0.1, 0.15) is 0 Å². The first kappa shape index (κ1) is 20.0. The summed E-state index contributed by atoms with van der Waals surface area (Å²) in [5.41, 5.74) is 1.93. The van der Waals surface area contributed by atoms with E-state index in [1.54, 1.807) is 19.1 Å². The number of nitrogens with zero attached hydrogens (tertiary/aromatic N) is 6. The SMILES string of the molecule is CC#CCn1c(N2CCCCC2)nc2nc(Cl)n(Cc3ccc(C#N)cc3)c(=O)c21. The van der Waals surface area contributed by atoms with Crippen LogP contribution in [0.5, 0.6) is 0 Å². The molecule has 4 rings (SSSR count). The van der Waals surface area contributed by atoms with Crippen molar-refractivity contribution in [1.82, 2.24) is 19.1 Å². The van der Waals surface area contributed by atoms with Crippen molar-refractivity contribution in [1.29, 1.82) is 5.26 Å². The number of rotatable bonds is 4. The topological polar surface area (TPSA) is 79.7 Å². The summed E-state index contributed by atoms with van der Waals surface area (Å²) in [6, 6.07) is 9.15. The van der Waals surface area contributed by atoms with E-state index in [0.29, 0.717) is 23.3 Å². The van der Waals surface area contributed by atoms with Gasteiger partial charge in [-0.05, 0) is 55.5 Å². The predicted octanol–water partition coefficient (Wildman–Crippen LogP) is 3.18. The smallest absolute Gasteiger partial charge is 0.281 e. The molecule has 0 radical (unpaired) electrons. The molecular formula is C22H21ClN6O. The summed E-state index contributed by atoms with van der Waals surface area (Å²) in [7, 11) is 0. The van der Waals surface area contributed by atoms with E-state index in [9.17, 15) is 4.79 Å². The summed E-state index contributed by atoms with van der Waals surface area (Å²) in [6.45, 7) is 4.20. The maximum atomic E-state index is 13.4. The zero-order chi connectivity index (χ0) is 21.1. The number of aromatic nitrogens is 4. The van der Waals surface area contributed by atoms with Crippen molar-refractivity contribution in [3.05, 3.63) is 51.0 Å². The number of hydrogen-bond donors (Lipinski definition) is 0. The fourth-order valence-electron chi connectivity index (χ4n) is 3.72. The van der Waals surface area contributed by atoms with Crippen molar-refractivity contribution in [2.45, 2.75) is 39.3 Å². The molecule has 152 valence electrons. The van der Waals surface area contributed by atoms with Crippen LogP contribution >= 0.6 is 11.6 Å². The third-order valence-corrected chi connectivity index (χ3v) is 5.56. The van der Waals surface area contributed by atoms with Crippen molar-refractivity contribution < 1.29 is 0 Å². The summed E-state index contributed by atoms with van der Waals surface area (Å²) >= 11 is 6.38. The van der Waals surface area contributed by atoms with Crippen LogP contribution in [-0.4, -0.2) is 32.2 Å². The lowest BCUT2D eigenvalue weighted by Crippen LogP contribution is -2.32. The van der Waals surface area contributed by atoms with Crippen molar-refractivity contribution >= 4 is 28.7 Å². The number of fused-ring (bicyclic) bond motifs is 1. The second kappa shape index (κ2) is 8.61. The van der Waals surface area contributed by atoms with Crippen LogP contribution in [0.25, 0.3) is 11.2 Å². The summed E-state index contributed by atoms with van der Waals surface area (Å²) < 4.78 is 3.29. The highest BCUT2D eigenvalue weighted by molar-refractivity contribution is 6.28. The Hall–Kier alpha value is -3.29. The van der Waals surface area contributed by atoms with Gasteiger partial charge >= 0.3 is 0 Å². The molecule has 1 saturated heterocycles. The van der Waals surface area contributed by atoms with E-state index in [-0.39, 0.29) is 17.4 Å². The van der Waals surface area contributed by atoms with Gasteiger partial charge in [-0.1, -0.05) is 18.1 Å². The second-order valence-electron chi connectivity index (χ2n) is 7.23. The number of halogens is 1. The van der Waals surface area contributed by atoms with Crippen LogP contribution < -0.4 is 10.5 Å². The Morgan fingerprint density at radius 2 is 1.83 bits per heavy atom. The molecule has 1 aliphatic heterocycles. The molecule has 1 aliphatic rings. The first-order valence-electron chi connectivity index (χ1n) is 9.92. The monoisotopic (exact) mass is 420 g/mol. The first-order valence-corrected chi connectivity index (χ1v) is 10.3. The van der Waals surface area contributed by atoms with Crippen molar-refractivity contribution in [3.63, 3.8) is 0 Å². The number of hydrogen-bond acceptors (Lipinski definition) is 5. The quantitative estimate of drug-likeness (QED) is 0.478. The van der Waals surface area contributed by atoms with E-state index in [1.807, 2.05) is 16.7 Å². The van der Waals surface area contributed by atoms with Gasteiger partial charge in [0, 0.05) is 13.1 Å². The molecule has 1 aromatic carbocycles. The van der Waals surface area contributed by atoms with Gasteiger partial charge in [-0.3, -0.25) is 13.9 Å². The Kier molecular flexibility index (Phi) is 5.74. The van der Waals surface area contributed by atoms with Crippen LogP contribution in [0.2, 0.25) is 5.28 Å². The van der Waals surface area contributed by atoms with Crippen LogP contribution in [0.4, 0.5) is 5.95 Å². The molecule has 3 heterocycles. The molecule has 2 aromatic heterocycles. The minimum atomic E-state index is -0.247. The third kappa shape index (κ3) is 3.77. The summed E-state index contributed by atoms with van der Waals surface area (Å²) in [5.74, 6) is 6.68. The highest BCUT2D eigenvalue weighted by Crippen LogP contribution is 2.24. The maximum absolute atomic E-state index is 13.4. The van der Waals surface area contributed by atoms with E-state index in [1.165, 1.54) is 11.0 Å². The molecule has 0 bridgehead atoms. The molecule has 7 nitrogen and oxygen atoms in total. The standard InChI is InChI=1S/C22H21ClN6O/c1-2-3-13-28-18-19(26-22(28)27-11-5-4-6-12-27)25-21(23)29(20(18)30)15-17-9-7-16(14-24)8-10-17/h7-10H,4-6,11-13,15H2,1H3. The van der Waals surface area contributed by atoms with Gasteiger partial charge in [0.05, 0.1) is 24.7 Å². The number of nitriles is 1. The van der Waals surface area contributed by atoms with Gasteiger partial charge in [0.15, 0.2) is 11.2 Å². The van der Waals surface area contributed by atoms with E-state index >= 15 is 0 Å². The van der Waals surface area contributed by atoms with Crippen molar-refractivity contribution in [2.24, 2.45) is 0 Å².